The molecule has 4 rings (SSSR count). The molecule has 1 aliphatic heterocycles. The Morgan fingerprint density at radius 2 is 2.12 bits per heavy atom. The van der Waals surface area contributed by atoms with E-state index >= 15 is 0 Å². The summed E-state index contributed by atoms with van der Waals surface area (Å²) >= 11 is 0. The monoisotopic (exact) mass is 208 g/mol. The van der Waals surface area contributed by atoms with E-state index in [0.29, 0.717) is 0 Å². The third kappa shape index (κ3) is 0.877. The highest BCUT2D eigenvalue weighted by Gasteiger charge is 2.18. The summed E-state index contributed by atoms with van der Waals surface area (Å²) in [5.41, 5.74) is 2.41. The number of aliphatic imine (C=N–C) groups is 1. The van der Waals surface area contributed by atoms with Gasteiger partial charge < -0.3 is 4.98 Å². The zero-order chi connectivity index (χ0) is 10.5. The average molecular weight is 208 g/mol. The van der Waals surface area contributed by atoms with Crippen molar-refractivity contribution < 1.29 is 4.57 Å². The van der Waals surface area contributed by atoms with Gasteiger partial charge in [0.1, 0.15) is 6.21 Å². The molecule has 1 aromatic carbocycles. The highest BCUT2D eigenvalue weighted by atomic mass is 15.1. The van der Waals surface area contributed by atoms with Crippen LogP contribution in [0, 0.1) is 0 Å². The van der Waals surface area contributed by atoms with Crippen LogP contribution in [-0.4, -0.2) is 11.2 Å². The van der Waals surface area contributed by atoms with Gasteiger partial charge in [0.2, 0.25) is 12.4 Å². The molecule has 0 saturated heterocycles. The van der Waals surface area contributed by atoms with Gasteiger partial charge in [0.05, 0.1) is 10.9 Å². The van der Waals surface area contributed by atoms with Gasteiger partial charge in [0.15, 0.2) is 6.20 Å². The Balaban J connectivity index is 2.28. The second-order valence-electron chi connectivity index (χ2n) is 4.09. The highest BCUT2D eigenvalue weighted by Crippen LogP contribution is 2.25. The van der Waals surface area contributed by atoms with Crippen molar-refractivity contribution in [3.63, 3.8) is 0 Å². The van der Waals surface area contributed by atoms with E-state index in [0.717, 1.165) is 6.67 Å². The maximum Gasteiger partial charge on any atom is 0.241 e. The fourth-order valence-corrected chi connectivity index (χ4v) is 2.43. The number of nitrogens with one attached hydrogen (secondary N) is 1. The molecule has 0 amide bonds. The summed E-state index contributed by atoms with van der Waals surface area (Å²) in [5.74, 6) is 0. The van der Waals surface area contributed by atoms with E-state index in [4.69, 9.17) is 0 Å². The lowest BCUT2D eigenvalue weighted by Crippen LogP contribution is -2.33. The molecule has 0 unspecified atom stereocenters. The van der Waals surface area contributed by atoms with Gasteiger partial charge in [-0.25, -0.2) is 4.99 Å². The molecule has 0 aliphatic carbocycles. The van der Waals surface area contributed by atoms with Crippen LogP contribution in [0.25, 0.3) is 21.7 Å². The number of benzene rings is 1. The number of aromatic amines is 1. The molecule has 0 atom stereocenters. The van der Waals surface area contributed by atoms with Crippen molar-refractivity contribution in [3.05, 3.63) is 42.4 Å². The quantitative estimate of drug-likeness (QED) is 0.548. The van der Waals surface area contributed by atoms with Gasteiger partial charge in [-0.3, -0.25) is 0 Å². The van der Waals surface area contributed by atoms with E-state index in [1.165, 1.54) is 27.4 Å². The molecule has 2 aromatic heterocycles. The zero-order valence-electron chi connectivity index (χ0n) is 8.64. The van der Waals surface area contributed by atoms with Crippen molar-refractivity contribution in [2.24, 2.45) is 4.99 Å². The number of pyridine rings is 1. The summed E-state index contributed by atoms with van der Waals surface area (Å²) in [7, 11) is 0. The molecule has 3 heteroatoms. The van der Waals surface area contributed by atoms with Crippen LogP contribution in [0.4, 0.5) is 0 Å². The predicted molar refractivity (Wildman–Crippen MR) is 63.6 cm³/mol. The molecule has 3 heterocycles. The van der Waals surface area contributed by atoms with Gasteiger partial charge in [-0.15, -0.1) is 0 Å². The van der Waals surface area contributed by atoms with Crippen LogP contribution in [0.15, 0.2) is 41.7 Å². The Morgan fingerprint density at radius 1 is 1.12 bits per heavy atom. The number of aromatic nitrogens is 2. The lowest BCUT2D eigenvalue weighted by molar-refractivity contribution is -0.689. The molecule has 1 aliphatic rings. The molecular weight excluding hydrogens is 198 g/mol. The number of nitrogens with zero attached hydrogens (tertiary/aromatic N) is 2. The molecule has 76 valence electrons. The second kappa shape index (κ2) is 2.70. The fourth-order valence-electron chi connectivity index (χ4n) is 2.43. The molecule has 0 spiro atoms. The van der Waals surface area contributed by atoms with Crippen LogP contribution < -0.4 is 4.57 Å². The Kier molecular flexibility index (Phi) is 1.36. The lowest BCUT2D eigenvalue weighted by Gasteiger charge is -2.00. The molecule has 0 radical (unpaired) electrons. The van der Waals surface area contributed by atoms with Gasteiger partial charge in [-0.05, 0) is 12.1 Å². The van der Waals surface area contributed by atoms with Crippen molar-refractivity contribution in [2.45, 2.75) is 6.67 Å². The van der Waals surface area contributed by atoms with Crippen LogP contribution >= 0.6 is 0 Å². The van der Waals surface area contributed by atoms with Crippen molar-refractivity contribution in [1.82, 2.24) is 4.98 Å². The van der Waals surface area contributed by atoms with Crippen molar-refractivity contribution in [3.8, 4) is 0 Å². The zero-order valence-corrected chi connectivity index (χ0v) is 8.64. The number of rotatable bonds is 0. The average Bonchev–Trinajstić information content (AvgIpc) is 2.96. The van der Waals surface area contributed by atoms with Gasteiger partial charge in [0.25, 0.3) is 0 Å². The first-order valence-electron chi connectivity index (χ1n) is 5.35. The molecule has 1 N–H and O–H groups in total. The van der Waals surface area contributed by atoms with E-state index < -0.39 is 0 Å². The second-order valence-corrected chi connectivity index (χ2v) is 4.09. The molecule has 0 bridgehead atoms. The number of hydrogen-bond donors (Lipinski definition) is 1. The van der Waals surface area contributed by atoms with E-state index in [1.54, 1.807) is 0 Å². The number of fused-ring (bicyclic) bond motifs is 5. The van der Waals surface area contributed by atoms with Crippen LogP contribution in [0.2, 0.25) is 0 Å². The fraction of sp³-hybridized carbons (Fsp3) is 0.0769. The summed E-state index contributed by atoms with van der Waals surface area (Å²) in [6.45, 7) is 0.744. The molecule has 3 nitrogen and oxygen atoms in total. The predicted octanol–water partition coefficient (Wildman–Crippen LogP) is 2.00. The molecule has 0 saturated carbocycles. The standard InChI is InChI=1S/C13H9N3/c1-2-10-11(13-9(1)3-5-15-13)4-6-16-8-14-7-12(10)16/h1-7H,8H2/p+1. The lowest BCUT2D eigenvalue weighted by atomic mass is 10.1. The minimum Gasteiger partial charge on any atom is -0.361 e. The van der Waals surface area contributed by atoms with Gasteiger partial charge in [0, 0.05) is 23.0 Å². The van der Waals surface area contributed by atoms with E-state index in [9.17, 15) is 0 Å². The number of H-pyrrole nitrogens is 1. The first-order valence-corrected chi connectivity index (χ1v) is 5.35. The first-order chi connectivity index (χ1) is 7.93. The topological polar surface area (TPSA) is 32.0 Å². The van der Waals surface area contributed by atoms with Gasteiger partial charge in [-0.1, -0.05) is 6.07 Å². The largest absolute Gasteiger partial charge is 0.361 e. The van der Waals surface area contributed by atoms with E-state index in [-0.39, 0.29) is 0 Å². The third-order valence-corrected chi connectivity index (χ3v) is 3.22. The van der Waals surface area contributed by atoms with Crippen LogP contribution in [-0.2, 0) is 6.67 Å². The summed E-state index contributed by atoms with van der Waals surface area (Å²) in [5, 5.41) is 3.79. The SMILES string of the molecule is C1=NC[n+]2ccc3c(ccc4cc[nH]c43)c21. The Labute approximate surface area is 92.1 Å². The molecule has 0 fully saturated rings. The molecular formula is C13H10N3+. The highest BCUT2D eigenvalue weighted by molar-refractivity contribution is 6.09. The minimum absolute atomic E-state index is 0.744. The van der Waals surface area contributed by atoms with Crippen LogP contribution in [0.3, 0.4) is 0 Å². The summed E-state index contributed by atoms with van der Waals surface area (Å²) in [6.07, 6.45) is 6.04. The summed E-state index contributed by atoms with van der Waals surface area (Å²) in [6, 6.07) is 8.59. The maximum absolute atomic E-state index is 4.30. The first kappa shape index (κ1) is 8.05. The van der Waals surface area contributed by atoms with E-state index in [1.807, 2.05) is 12.4 Å². The summed E-state index contributed by atoms with van der Waals surface area (Å²) in [4.78, 5) is 7.60. The smallest absolute Gasteiger partial charge is 0.241 e. The normalized spacial score (nSPS) is 13.8. The van der Waals surface area contributed by atoms with Crippen LogP contribution in [0.5, 0.6) is 0 Å². The van der Waals surface area contributed by atoms with Crippen molar-refractivity contribution in [2.75, 3.05) is 0 Å². The summed E-state index contributed by atoms with van der Waals surface area (Å²) < 4.78 is 2.16. The Bertz CT molecular complexity index is 737. The van der Waals surface area contributed by atoms with Crippen LogP contribution in [0.1, 0.15) is 5.69 Å². The Morgan fingerprint density at radius 3 is 3.12 bits per heavy atom. The van der Waals surface area contributed by atoms with Crippen molar-refractivity contribution >= 4 is 27.9 Å². The molecule has 16 heavy (non-hydrogen) atoms. The van der Waals surface area contributed by atoms with Gasteiger partial charge >= 0.3 is 0 Å². The third-order valence-electron chi connectivity index (χ3n) is 3.22. The number of hydrogen-bond acceptors (Lipinski definition) is 1. The minimum atomic E-state index is 0.744. The van der Waals surface area contributed by atoms with Gasteiger partial charge in [-0.2, -0.15) is 4.57 Å². The Hall–Kier alpha value is -2.16. The molecule has 3 aromatic rings. The van der Waals surface area contributed by atoms with Crippen molar-refractivity contribution in [1.29, 1.82) is 0 Å². The van der Waals surface area contributed by atoms with E-state index in [2.05, 4.69) is 45.0 Å². The maximum atomic E-state index is 4.30.